The number of carbonyl (C=O) groups excluding carboxylic acids is 1. The molecular formula is C9H10ClNOS. The lowest BCUT2D eigenvalue weighted by Gasteiger charge is -2.10. The molecule has 1 aromatic rings. The molecule has 0 aliphatic heterocycles. The van der Waals surface area contributed by atoms with Crippen LogP contribution < -0.4 is 5.32 Å². The smallest absolute Gasteiger partial charge is 0.235 e. The van der Waals surface area contributed by atoms with E-state index in [0.29, 0.717) is 0 Å². The molecule has 1 heterocycles. The van der Waals surface area contributed by atoms with Gasteiger partial charge in [-0.1, -0.05) is 0 Å². The van der Waals surface area contributed by atoms with E-state index in [1.807, 2.05) is 0 Å². The van der Waals surface area contributed by atoms with Crippen molar-refractivity contribution in [2.24, 2.45) is 0 Å². The first-order valence-electron chi connectivity index (χ1n) is 4.19. The predicted molar refractivity (Wildman–Crippen MR) is 54.4 cm³/mol. The Morgan fingerprint density at radius 2 is 2.15 bits per heavy atom. The monoisotopic (exact) mass is 215 g/mol. The number of fused-ring (bicyclic) bond motifs is 1. The molecule has 2 rings (SSSR count). The Morgan fingerprint density at radius 3 is 2.69 bits per heavy atom. The molecule has 0 saturated carbocycles. The van der Waals surface area contributed by atoms with E-state index in [4.69, 9.17) is 11.6 Å². The van der Waals surface area contributed by atoms with E-state index in [1.165, 1.54) is 11.1 Å². The van der Waals surface area contributed by atoms with Gasteiger partial charge in [-0.25, -0.2) is 0 Å². The number of rotatable bonds is 2. The first-order chi connectivity index (χ1) is 6.29. The van der Waals surface area contributed by atoms with Gasteiger partial charge in [0.15, 0.2) is 0 Å². The minimum absolute atomic E-state index is 0.0589. The fraction of sp³-hybridized carbons (Fsp3) is 0.444. The maximum atomic E-state index is 11.0. The minimum atomic E-state index is -0.0690. The number of hydrogen-bond donors (Lipinski definition) is 1. The number of halogens is 1. The van der Waals surface area contributed by atoms with E-state index in [9.17, 15) is 4.79 Å². The number of amides is 1. The average Bonchev–Trinajstić information content (AvgIpc) is 2.63. The highest BCUT2D eigenvalue weighted by Gasteiger charge is 2.22. The molecule has 0 bridgehead atoms. The quantitative estimate of drug-likeness (QED) is 0.746. The maximum absolute atomic E-state index is 11.0. The molecule has 1 amide bonds. The number of nitrogens with one attached hydrogen (secondary N) is 1. The molecule has 0 spiro atoms. The van der Waals surface area contributed by atoms with Crippen molar-refractivity contribution < 1.29 is 4.79 Å². The number of hydrogen-bond acceptors (Lipinski definition) is 2. The first kappa shape index (κ1) is 9.03. The van der Waals surface area contributed by atoms with E-state index in [0.717, 1.165) is 12.8 Å². The SMILES string of the molecule is O=C(CCl)NC1Cc2cscc2C1. The van der Waals surface area contributed by atoms with Gasteiger partial charge in [-0.2, -0.15) is 11.3 Å². The molecule has 0 unspecified atom stereocenters. The first-order valence-corrected chi connectivity index (χ1v) is 5.66. The Labute approximate surface area is 85.9 Å². The Morgan fingerprint density at radius 1 is 1.54 bits per heavy atom. The summed E-state index contributed by atoms with van der Waals surface area (Å²) in [7, 11) is 0. The lowest BCUT2D eigenvalue weighted by molar-refractivity contribution is -0.119. The molecule has 4 heteroatoms. The van der Waals surface area contributed by atoms with Crippen molar-refractivity contribution in [2.45, 2.75) is 18.9 Å². The van der Waals surface area contributed by atoms with Gasteiger partial charge in [-0.3, -0.25) is 4.79 Å². The van der Waals surface area contributed by atoms with Crippen LogP contribution in [0.25, 0.3) is 0 Å². The van der Waals surface area contributed by atoms with Crippen molar-refractivity contribution in [1.29, 1.82) is 0 Å². The van der Waals surface area contributed by atoms with Gasteiger partial charge >= 0.3 is 0 Å². The fourth-order valence-electron chi connectivity index (χ4n) is 1.68. The third-order valence-electron chi connectivity index (χ3n) is 2.25. The topological polar surface area (TPSA) is 29.1 Å². The van der Waals surface area contributed by atoms with Gasteiger partial charge in [-0.05, 0) is 34.7 Å². The van der Waals surface area contributed by atoms with Crippen molar-refractivity contribution in [3.05, 3.63) is 21.9 Å². The van der Waals surface area contributed by atoms with Crippen LogP contribution in [0.5, 0.6) is 0 Å². The lowest BCUT2D eigenvalue weighted by Crippen LogP contribution is -2.36. The van der Waals surface area contributed by atoms with Crippen LogP contribution in [0.4, 0.5) is 0 Å². The van der Waals surface area contributed by atoms with E-state index < -0.39 is 0 Å². The van der Waals surface area contributed by atoms with Crippen LogP contribution in [-0.2, 0) is 17.6 Å². The molecular weight excluding hydrogens is 206 g/mol. The Bertz CT molecular complexity index is 303. The molecule has 0 aromatic carbocycles. The van der Waals surface area contributed by atoms with Crippen molar-refractivity contribution in [1.82, 2.24) is 5.32 Å². The third kappa shape index (κ3) is 1.86. The fourth-order valence-corrected chi connectivity index (χ4v) is 2.65. The van der Waals surface area contributed by atoms with Gasteiger partial charge in [0.2, 0.25) is 5.91 Å². The molecule has 13 heavy (non-hydrogen) atoms. The zero-order valence-corrected chi connectivity index (χ0v) is 8.62. The summed E-state index contributed by atoms with van der Waals surface area (Å²) in [6, 6.07) is 0.268. The average molecular weight is 216 g/mol. The molecule has 70 valence electrons. The van der Waals surface area contributed by atoms with E-state index >= 15 is 0 Å². The van der Waals surface area contributed by atoms with Crippen LogP contribution in [0, 0.1) is 0 Å². The molecule has 0 fully saturated rings. The number of thiophene rings is 1. The highest BCUT2D eigenvalue weighted by Crippen LogP contribution is 2.25. The summed E-state index contributed by atoms with van der Waals surface area (Å²) >= 11 is 7.14. The van der Waals surface area contributed by atoms with Crippen molar-refractivity contribution in [3.8, 4) is 0 Å². The zero-order valence-electron chi connectivity index (χ0n) is 7.05. The molecule has 1 N–H and O–H groups in total. The molecule has 1 aliphatic rings. The Balaban J connectivity index is 1.95. The van der Waals surface area contributed by atoms with Crippen molar-refractivity contribution >= 4 is 28.8 Å². The minimum Gasteiger partial charge on any atom is -0.352 e. The lowest BCUT2D eigenvalue weighted by atomic mass is 10.2. The molecule has 0 radical (unpaired) electrons. The Hall–Kier alpha value is -0.540. The van der Waals surface area contributed by atoms with Gasteiger partial charge in [0.05, 0.1) is 0 Å². The summed E-state index contributed by atoms with van der Waals surface area (Å²) in [5.74, 6) is -0.0101. The van der Waals surface area contributed by atoms with E-state index in [2.05, 4.69) is 16.1 Å². The summed E-state index contributed by atoms with van der Waals surface area (Å²) in [5.41, 5.74) is 2.76. The highest BCUT2D eigenvalue weighted by atomic mass is 35.5. The number of carbonyl (C=O) groups is 1. The van der Waals surface area contributed by atoms with E-state index in [-0.39, 0.29) is 17.8 Å². The second-order valence-corrected chi connectivity index (χ2v) is 4.24. The van der Waals surface area contributed by atoms with Gasteiger partial charge in [0.25, 0.3) is 0 Å². The molecule has 0 atom stereocenters. The van der Waals surface area contributed by atoms with Gasteiger partial charge in [-0.15, -0.1) is 11.6 Å². The molecule has 2 nitrogen and oxygen atoms in total. The summed E-state index contributed by atoms with van der Waals surface area (Å²) in [4.78, 5) is 11.0. The van der Waals surface area contributed by atoms with Crippen LogP contribution in [0.3, 0.4) is 0 Å². The van der Waals surface area contributed by atoms with Crippen molar-refractivity contribution in [3.63, 3.8) is 0 Å². The highest BCUT2D eigenvalue weighted by molar-refractivity contribution is 7.08. The molecule has 0 saturated heterocycles. The van der Waals surface area contributed by atoms with Gasteiger partial charge < -0.3 is 5.32 Å². The largest absolute Gasteiger partial charge is 0.352 e. The molecule has 1 aliphatic carbocycles. The second-order valence-electron chi connectivity index (χ2n) is 3.23. The maximum Gasteiger partial charge on any atom is 0.235 e. The van der Waals surface area contributed by atoms with E-state index in [1.54, 1.807) is 11.3 Å². The normalized spacial score (nSPS) is 15.8. The van der Waals surface area contributed by atoms with Crippen LogP contribution in [0.1, 0.15) is 11.1 Å². The summed E-state index contributed by atoms with van der Waals surface area (Å²) in [6.07, 6.45) is 1.92. The van der Waals surface area contributed by atoms with Crippen molar-refractivity contribution in [2.75, 3.05) is 5.88 Å². The zero-order chi connectivity index (χ0) is 9.26. The summed E-state index contributed by atoms with van der Waals surface area (Å²) in [5, 5.41) is 7.21. The van der Waals surface area contributed by atoms with Gasteiger partial charge in [0.1, 0.15) is 5.88 Å². The second kappa shape index (κ2) is 3.68. The predicted octanol–water partition coefficient (Wildman–Crippen LogP) is 1.57. The van der Waals surface area contributed by atoms with Crippen LogP contribution in [0.15, 0.2) is 10.8 Å². The standard InChI is InChI=1S/C9H10ClNOS/c10-3-9(12)11-8-1-6-4-13-5-7(6)2-8/h4-5,8H,1-3H2,(H,11,12). The number of alkyl halides is 1. The third-order valence-corrected chi connectivity index (χ3v) is 3.34. The van der Waals surface area contributed by atoms with Crippen LogP contribution in [0.2, 0.25) is 0 Å². The summed E-state index contributed by atoms with van der Waals surface area (Å²) in [6.45, 7) is 0. The van der Waals surface area contributed by atoms with Crippen LogP contribution >= 0.6 is 22.9 Å². The van der Waals surface area contributed by atoms with Gasteiger partial charge in [0, 0.05) is 6.04 Å². The van der Waals surface area contributed by atoms with Crippen LogP contribution in [-0.4, -0.2) is 17.8 Å². The Kier molecular flexibility index (Phi) is 2.56. The summed E-state index contributed by atoms with van der Waals surface area (Å²) < 4.78 is 0. The molecule has 1 aromatic heterocycles.